The third-order valence-corrected chi connectivity index (χ3v) is 2.42. The maximum absolute atomic E-state index is 8.95. The van der Waals surface area contributed by atoms with Gasteiger partial charge in [-0.15, -0.1) is 0 Å². The number of aromatic amines is 1. The molecule has 0 amide bonds. The van der Waals surface area contributed by atoms with Crippen LogP contribution in [0.2, 0.25) is 0 Å². The molecule has 0 unspecified atom stereocenters. The predicted molar refractivity (Wildman–Crippen MR) is 63.8 cm³/mol. The van der Waals surface area contributed by atoms with Gasteiger partial charge in [0.25, 0.3) is 0 Å². The average Bonchev–Trinajstić information content (AvgIpc) is 2.86. The summed E-state index contributed by atoms with van der Waals surface area (Å²) in [7, 11) is 3.41. The zero-order chi connectivity index (χ0) is 12.3. The van der Waals surface area contributed by atoms with Crippen molar-refractivity contribution in [2.45, 2.75) is 6.61 Å². The largest absolute Gasteiger partial charge is 0.495 e. The van der Waals surface area contributed by atoms with Crippen LogP contribution in [0.3, 0.4) is 0 Å². The van der Waals surface area contributed by atoms with E-state index < -0.39 is 0 Å². The lowest BCUT2D eigenvalue weighted by Gasteiger charge is -2.10. The molecule has 2 rings (SSSR count). The molecule has 0 fully saturated rings. The highest BCUT2D eigenvalue weighted by Crippen LogP contribution is 2.33. The van der Waals surface area contributed by atoms with Crippen molar-refractivity contribution in [2.75, 3.05) is 19.5 Å². The fourth-order valence-corrected chi connectivity index (χ4v) is 1.63. The molecule has 0 radical (unpaired) electrons. The van der Waals surface area contributed by atoms with Crippen LogP contribution in [0.15, 0.2) is 18.2 Å². The van der Waals surface area contributed by atoms with Crippen LogP contribution < -0.4 is 10.1 Å². The number of nitrogens with zero attached hydrogens (tertiary/aromatic N) is 2. The quantitative estimate of drug-likeness (QED) is 0.735. The van der Waals surface area contributed by atoms with E-state index in [0.717, 1.165) is 17.0 Å². The summed E-state index contributed by atoms with van der Waals surface area (Å²) in [6, 6.07) is 5.61. The highest BCUT2D eigenvalue weighted by Gasteiger charge is 2.13. The number of methoxy groups -OCH3 is 1. The molecule has 0 saturated heterocycles. The number of para-hydroxylation sites is 1. The molecule has 90 valence electrons. The Morgan fingerprint density at radius 2 is 2.29 bits per heavy atom. The van der Waals surface area contributed by atoms with Crippen LogP contribution in [0.1, 0.15) is 5.82 Å². The Bertz CT molecular complexity index is 510. The lowest BCUT2D eigenvalue weighted by atomic mass is 10.1. The molecule has 0 aliphatic carbocycles. The summed E-state index contributed by atoms with van der Waals surface area (Å²) in [6.45, 7) is -0.161. The SMILES string of the molecule is CNc1c(OC)cccc1-c1n[nH]c(CO)n1. The van der Waals surface area contributed by atoms with Crippen molar-refractivity contribution >= 4 is 5.69 Å². The van der Waals surface area contributed by atoms with Crippen molar-refractivity contribution in [3.05, 3.63) is 24.0 Å². The van der Waals surface area contributed by atoms with E-state index >= 15 is 0 Å². The summed E-state index contributed by atoms with van der Waals surface area (Å²) in [6.07, 6.45) is 0. The van der Waals surface area contributed by atoms with E-state index in [9.17, 15) is 0 Å². The predicted octanol–water partition coefficient (Wildman–Crippen LogP) is 1.01. The Balaban J connectivity index is 2.50. The number of ether oxygens (including phenoxy) is 1. The minimum Gasteiger partial charge on any atom is -0.495 e. The number of aliphatic hydroxyl groups excluding tert-OH is 1. The Morgan fingerprint density at radius 1 is 1.47 bits per heavy atom. The number of benzene rings is 1. The molecule has 0 atom stereocenters. The van der Waals surface area contributed by atoms with Gasteiger partial charge in [0, 0.05) is 12.6 Å². The monoisotopic (exact) mass is 234 g/mol. The molecule has 1 aromatic heterocycles. The molecule has 6 nitrogen and oxygen atoms in total. The minimum absolute atomic E-state index is 0.161. The molecular formula is C11H14N4O2. The van der Waals surface area contributed by atoms with Gasteiger partial charge in [0.15, 0.2) is 11.6 Å². The number of aliphatic hydroxyl groups is 1. The molecule has 3 N–H and O–H groups in total. The van der Waals surface area contributed by atoms with Crippen molar-refractivity contribution in [3.63, 3.8) is 0 Å². The van der Waals surface area contributed by atoms with Crippen LogP contribution in [-0.2, 0) is 6.61 Å². The third kappa shape index (κ3) is 2.07. The molecule has 0 aliphatic heterocycles. The van der Waals surface area contributed by atoms with E-state index in [1.807, 2.05) is 18.2 Å². The van der Waals surface area contributed by atoms with Gasteiger partial charge in [0.1, 0.15) is 12.4 Å². The second-order valence-electron chi connectivity index (χ2n) is 3.40. The molecule has 17 heavy (non-hydrogen) atoms. The normalized spacial score (nSPS) is 10.3. The molecular weight excluding hydrogens is 220 g/mol. The number of H-pyrrole nitrogens is 1. The van der Waals surface area contributed by atoms with Gasteiger partial charge in [-0.2, -0.15) is 5.10 Å². The number of nitrogens with one attached hydrogen (secondary N) is 2. The topological polar surface area (TPSA) is 83.1 Å². The van der Waals surface area contributed by atoms with Gasteiger partial charge in [0.2, 0.25) is 0 Å². The molecule has 6 heteroatoms. The zero-order valence-corrected chi connectivity index (χ0v) is 9.69. The van der Waals surface area contributed by atoms with Crippen molar-refractivity contribution in [3.8, 4) is 17.1 Å². The average molecular weight is 234 g/mol. The van der Waals surface area contributed by atoms with Gasteiger partial charge >= 0.3 is 0 Å². The molecule has 1 aromatic carbocycles. The van der Waals surface area contributed by atoms with Gasteiger partial charge in [-0.05, 0) is 12.1 Å². The van der Waals surface area contributed by atoms with Crippen molar-refractivity contribution in [2.24, 2.45) is 0 Å². The van der Waals surface area contributed by atoms with Crippen molar-refractivity contribution < 1.29 is 9.84 Å². The maximum atomic E-state index is 8.95. The summed E-state index contributed by atoms with van der Waals surface area (Å²) in [5.74, 6) is 1.68. The van der Waals surface area contributed by atoms with Gasteiger partial charge in [-0.1, -0.05) is 6.07 Å². The second kappa shape index (κ2) is 4.84. The lowest BCUT2D eigenvalue weighted by molar-refractivity contribution is 0.272. The number of anilines is 1. The summed E-state index contributed by atoms with van der Waals surface area (Å²) >= 11 is 0. The van der Waals surface area contributed by atoms with E-state index in [1.165, 1.54) is 0 Å². The number of aromatic nitrogens is 3. The second-order valence-corrected chi connectivity index (χ2v) is 3.40. The van der Waals surface area contributed by atoms with Crippen molar-refractivity contribution in [1.82, 2.24) is 15.2 Å². The molecule has 0 spiro atoms. The first kappa shape index (κ1) is 11.4. The van der Waals surface area contributed by atoms with E-state index in [-0.39, 0.29) is 6.61 Å². The van der Waals surface area contributed by atoms with E-state index in [2.05, 4.69) is 20.5 Å². The minimum atomic E-state index is -0.161. The Kier molecular flexibility index (Phi) is 3.24. The van der Waals surface area contributed by atoms with Crippen LogP contribution in [0, 0.1) is 0 Å². The first-order chi connectivity index (χ1) is 8.30. The summed E-state index contributed by atoms with van der Waals surface area (Å²) < 4.78 is 5.25. The summed E-state index contributed by atoms with van der Waals surface area (Å²) in [4.78, 5) is 4.17. The Morgan fingerprint density at radius 3 is 2.88 bits per heavy atom. The Labute approximate surface area is 98.7 Å². The number of rotatable bonds is 4. The van der Waals surface area contributed by atoms with Gasteiger partial charge in [-0.3, -0.25) is 5.10 Å². The fourth-order valence-electron chi connectivity index (χ4n) is 1.63. The Hall–Kier alpha value is -2.08. The molecule has 2 aromatic rings. The molecule has 1 heterocycles. The highest BCUT2D eigenvalue weighted by molar-refractivity contribution is 5.78. The van der Waals surface area contributed by atoms with E-state index in [1.54, 1.807) is 14.2 Å². The molecule has 0 aliphatic rings. The van der Waals surface area contributed by atoms with Gasteiger partial charge in [-0.25, -0.2) is 4.98 Å². The van der Waals surface area contributed by atoms with Crippen LogP contribution in [0.25, 0.3) is 11.4 Å². The molecule has 0 bridgehead atoms. The van der Waals surface area contributed by atoms with Crippen LogP contribution in [0.4, 0.5) is 5.69 Å². The van der Waals surface area contributed by atoms with Crippen LogP contribution in [-0.4, -0.2) is 34.4 Å². The standard InChI is InChI=1S/C11H14N4O2/c1-12-10-7(4-3-5-8(10)17-2)11-13-9(6-16)14-15-11/h3-5,12,16H,6H2,1-2H3,(H,13,14,15). The first-order valence-corrected chi connectivity index (χ1v) is 5.17. The van der Waals surface area contributed by atoms with Gasteiger partial charge < -0.3 is 15.2 Å². The van der Waals surface area contributed by atoms with Gasteiger partial charge in [0.05, 0.1) is 12.8 Å². The van der Waals surface area contributed by atoms with Crippen LogP contribution >= 0.6 is 0 Å². The number of hydrogen-bond donors (Lipinski definition) is 3. The number of hydrogen-bond acceptors (Lipinski definition) is 5. The maximum Gasteiger partial charge on any atom is 0.183 e. The third-order valence-electron chi connectivity index (χ3n) is 2.42. The van der Waals surface area contributed by atoms with Crippen molar-refractivity contribution in [1.29, 1.82) is 0 Å². The fraction of sp³-hybridized carbons (Fsp3) is 0.273. The lowest BCUT2D eigenvalue weighted by Crippen LogP contribution is -1.97. The highest BCUT2D eigenvalue weighted by atomic mass is 16.5. The summed E-state index contributed by atoms with van der Waals surface area (Å²) in [5.41, 5.74) is 1.64. The van der Waals surface area contributed by atoms with E-state index in [4.69, 9.17) is 9.84 Å². The molecule has 0 saturated carbocycles. The van der Waals surface area contributed by atoms with E-state index in [0.29, 0.717) is 11.6 Å². The first-order valence-electron chi connectivity index (χ1n) is 5.17. The summed E-state index contributed by atoms with van der Waals surface area (Å²) in [5, 5.41) is 18.7. The zero-order valence-electron chi connectivity index (χ0n) is 9.69. The van der Waals surface area contributed by atoms with Crippen LogP contribution in [0.5, 0.6) is 5.75 Å². The smallest absolute Gasteiger partial charge is 0.183 e.